The Morgan fingerprint density at radius 3 is 2.71 bits per heavy atom. The lowest BCUT2D eigenvalue weighted by Gasteiger charge is -2.26. The second-order valence-corrected chi connectivity index (χ2v) is 7.58. The maximum atomic E-state index is 5.93. The fourth-order valence-electron chi connectivity index (χ4n) is 4.28. The van der Waals surface area contributed by atoms with Crippen LogP contribution in [0.3, 0.4) is 0 Å². The van der Waals surface area contributed by atoms with Crippen LogP contribution in [-0.2, 0) is 4.74 Å². The summed E-state index contributed by atoms with van der Waals surface area (Å²) in [6.07, 6.45) is 12.5. The lowest BCUT2D eigenvalue weighted by atomic mass is 9.96. The van der Waals surface area contributed by atoms with Crippen LogP contribution in [0.15, 0.2) is 4.99 Å². The normalized spacial score (nSPS) is 30.7. The van der Waals surface area contributed by atoms with E-state index in [1.54, 1.807) is 0 Å². The number of likely N-dealkylation sites (tertiary alicyclic amines) is 1. The molecule has 0 aromatic carbocycles. The summed E-state index contributed by atoms with van der Waals surface area (Å²) >= 11 is 0. The van der Waals surface area contributed by atoms with Gasteiger partial charge in [0.2, 0.25) is 0 Å². The number of rotatable bonds is 8. The molecule has 24 heavy (non-hydrogen) atoms. The Labute approximate surface area is 147 Å². The topological polar surface area (TPSA) is 48.9 Å². The van der Waals surface area contributed by atoms with Crippen molar-refractivity contribution >= 4 is 5.96 Å². The van der Waals surface area contributed by atoms with Crippen molar-refractivity contribution in [1.29, 1.82) is 0 Å². The number of aliphatic imine (C=N–C) groups is 1. The van der Waals surface area contributed by atoms with E-state index in [-0.39, 0.29) is 0 Å². The van der Waals surface area contributed by atoms with Gasteiger partial charge in [0.1, 0.15) is 0 Å². The zero-order chi connectivity index (χ0) is 16.6. The number of piperidine rings is 1. The molecule has 0 aromatic rings. The lowest BCUT2D eigenvalue weighted by molar-refractivity contribution is 0.0992. The van der Waals surface area contributed by atoms with Gasteiger partial charge in [0.15, 0.2) is 5.96 Å². The molecule has 2 bridgehead atoms. The minimum absolute atomic E-state index is 0.406. The van der Waals surface area contributed by atoms with Gasteiger partial charge in [-0.2, -0.15) is 0 Å². The van der Waals surface area contributed by atoms with Crippen molar-refractivity contribution in [2.24, 2.45) is 4.99 Å². The van der Waals surface area contributed by atoms with Crippen LogP contribution >= 0.6 is 0 Å². The van der Waals surface area contributed by atoms with Crippen LogP contribution in [0.1, 0.15) is 64.7 Å². The van der Waals surface area contributed by atoms with Crippen molar-refractivity contribution < 1.29 is 4.74 Å². The van der Waals surface area contributed by atoms with Gasteiger partial charge in [-0.3, -0.25) is 4.99 Å². The molecule has 3 saturated heterocycles. The summed E-state index contributed by atoms with van der Waals surface area (Å²) in [5.74, 6) is 0.981. The summed E-state index contributed by atoms with van der Waals surface area (Å²) in [6, 6.07) is 0.459. The first-order valence-electron chi connectivity index (χ1n) is 10.3. The zero-order valence-electron chi connectivity index (χ0n) is 15.4. The standard InChI is InChI=1S/C19H36N4O/c1-2-20-19(22-17-15-16-9-10-18(17)24-16)21-11-5-3-6-12-23-13-7-4-8-14-23/h16-18H,2-15H2,1H3,(H2,20,21,22). The monoisotopic (exact) mass is 336 g/mol. The number of guanidine groups is 1. The van der Waals surface area contributed by atoms with E-state index >= 15 is 0 Å². The van der Waals surface area contributed by atoms with Crippen LogP contribution in [0, 0.1) is 0 Å². The Morgan fingerprint density at radius 1 is 1.12 bits per heavy atom. The quantitative estimate of drug-likeness (QED) is 0.406. The molecule has 3 rings (SSSR count). The molecule has 0 aliphatic carbocycles. The Morgan fingerprint density at radius 2 is 2.00 bits per heavy atom. The molecule has 3 unspecified atom stereocenters. The minimum Gasteiger partial charge on any atom is -0.373 e. The molecule has 3 aliphatic heterocycles. The molecule has 0 amide bonds. The lowest BCUT2D eigenvalue weighted by Crippen LogP contribution is -2.47. The summed E-state index contributed by atoms with van der Waals surface area (Å²) in [6.45, 7) is 7.90. The second kappa shape index (κ2) is 9.62. The summed E-state index contributed by atoms with van der Waals surface area (Å²) in [5, 5.41) is 6.98. The first-order chi connectivity index (χ1) is 11.8. The van der Waals surface area contributed by atoms with Gasteiger partial charge < -0.3 is 20.3 Å². The minimum atomic E-state index is 0.406. The summed E-state index contributed by atoms with van der Waals surface area (Å²) in [4.78, 5) is 7.40. The number of fused-ring (bicyclic) bond motifs is 2. The molecule has 3 heterocycles. The van der Waals surface area contributed by atoms with E-state index in [1.807, 2.05) is 0 Å². The number of hydrogen-bond acceptors (Lipinski definition) is 3. The maximum absolute atomic E-state index is 5.93. The van der Waals surface area contributed by atoms with Crippen LogP contribution in [0.4, 0.5) is 0 Å². The first kappa shape index (κ1) is 18.0. The third-order valence-corrected chi connectivity index (χ3v) is 5.62. The predicted molar refractivity (Wildman–Crippen MR) is 99.6 cm³/mol. The maximum Gasteiger partial charge on any atom is 0.191 e. The van der Waals surface area contributed by atoms with Gasteiger partial charge in [-0.25, -0.2) is 0 Å². The molecule has 0 saturated carbocycles. The van der Waals surface area contributed by atoms with Gasteiger partial charge in [0.25, 0.3) is 0 Å². The molecular weight excluding hydrogens is 300 g/mol. The molecular formula is C19H36N4O. The number of unbranched alkanes of at least 4 members (excludes halogenated alkanes) is 2. The summed E-state index contributed by atoms with van der Waals surface area (Å²) in [5.41, 5.74) is 0. The van der Waals surface area contributed by atoms with Crippen molar-refractivity contribution in [3.8, 4) is 0 Å². The molecule has 2 N–H and O–H groups in total. The van der Waals surface area contributed by atoms with Crippen LogP contribution in [0.5, 0.6) is 0 Å². The molecule has 5 heteroatoms. The highest BCUT2D eigenvalue weighted by atomic mass is 16.5. The molecule has 138 valence electrons. The molecule has 3 atom stereocenters. The van der Waals surface area contributed by atoms with Crippen LogP contribution in [0.25, 0.3) is 0 Å². The highest BCUT2D eigenvalue weighted by Crippen LogP contribution is 2.34. The average Bonchev–Trinajstić information content (AvgIpc) is 3.22. The Kier molecular flexibility index (Phi) is 7.21. The van der Waals surface area contributed by atoms with E-state index in [9.17, 15) is 0 Å². The Bertz CT molecular complexity index is 395. The number of nitrogens with zero attached hydrogens (tertiary/aromatic N) is 2. The SMILES string of the molecule is CCNC(=NCCCCCN1CCCCC1)NC1CC2CCC1O2. The van der Waals surface area contributed by atoms with Crippen molar-refractivity contribution in [3.05, 3.63) is 0 Å². The largest absolute Gasteiger partial charge is 0.373 e. The smallest absolute Gasteiger partial charge is 0.191 e. The van der Waals surface area contributed by atoms with E-state index in [0.717, 1.165) is 25.5 Å². The van der Waals surface area contributed by atoms with Crippen molar-refractivity contribution in [3.63, 3.8) is 0 Å². The fraction of sp³-hybridized carbons (Fsp3) is 0.947. The van der Waals surface area contributed by atoms with Gasteiger partial charge in [-0.1, -0.05) is 12.8 Å². The van der Waals surface area contributed by atoms with Gasteiger partial charge in [0.05, 0.1) is 18.2 Å². The van der Waals surface area contributed by atoms with Gasteiger partial charge in [-0.15, -0.1) is 0 Å². The molecule has 3 aliphatic rings. The first-order valence-corrected chi connectivity index (χ1v) is 10.3. The van der Waals surface area contributed by atoms with Crippen LogP contribution < -0.4 is 10.6 Å². The second-order valence-electron chi connectivity index (χ2n) is 7.58. The average molecular weight is 337 g/mol. The number of ether oxygens (including phenoxy) is 1. The van der Waals surface area contributed by atoms with E-state index in [0.29, 0.717) is 18.2 Å². The highest BCUT2D eigenvalue weighted by molar-refractivity contribution is 5.80. The molecule has 0 spiro atoms. The number of hydrogen-bond donors (Lipinski definition) is 2. The van der Waals surface area contributed by atoms with Crippen LogP contribution in [0.2, 0.25) is 0 Å². The fourth-order valence-corrected chi connectivity index (χ4v) is 4.28. The molecule has 5 nitrogen and oxygen atoms in total. The molecule has 0 radical (unpaired) electrons. The van der Waals surface area contributed by atoms with Crippen molar-refractivity contribution in [2.45, 2.75) is 83.0 Å². The Balaban J connectivity index is 1.30. The van der Waals surface area contributed by atoms with Gasteiger partial charge >= 0.3 is 0 Å². The van der Waals surface area contributed by atoms with Crippen molar-refractivity contribution in [1.82, 2.24) is 15.5 Å². The number of nitrogens with one attached hydrogen (secondary N) is 2. The van der Waals surface area contributed by atoms with Crippen molar-refractivity contribution in [2.75, 3.05) is 32.7 Å². The third kappa shape index (κ3) is 5.35. The summed E-state index contributed by atoms with van der Waals surface area (Å²) < 4.78 is 5.93. The predicted octanol–water partition coefficient (Wildman–Crippen LogP) is 2.52. The van der Waals surface area contributed by atoms with Gasteiger partial charge in [-0.05, 0) is 71.5 Å². The van der Waals surface area contributed by atoms with E-state index < -0.39 is 0 Å². The zero-order valence-corrected chi connectivity index (χ0v) is 15.4. The Hall–Kier alpha value is -0.810. The third-order valence-electron chi connectivity index (χ3n) is 5.62. The summed E-state index contributed by atoms with van der Waals surface area (Å²) in [7, 11) is 0. The molecule has 0 aromatic heterocycles. The van der Waals surface area contributed by atoms with Crippen LogP contribution in [-0.4, -0.2) is 61.8 Å². The highest BCUT2D eigenvalue weighted by Gasteiger charge is 2.41. The molecule has 3 fully saturated rings. The van der Waals surface area contributed by atoms with E-state index in [4.69, 9.17) is 9.73 Å². The van der Waals surface area contributed by atoms with E-state index in [1.165, 1.54) is 71.0 Å². The van der Waals surface area contributed by atoms with Gasteiger partial charge in [0, 0.05) is 13.1 Å². The van der Waals surface area contributed by atoms with E-state index in [2.05, 4.69) is 22.5 Å².